The summed E-state index contributed by atoms with van der Waals surface area (Å²) in [5.74, 6) is 0.882. The Balaban J connectivity index is 0.00000168. The lowest BCUT2D eigenvalue weighted by molar-refractivity contribution is -0.691. The Morgan fingerprint density at radius 1 is 0.895 bits per heavy atom. The average Bonchev–Trinajstić information content (AvgIpc) is 3.37. The van der Waals surface area contributed by atoms with Crippen molar-refractivity contribution in [1.29, 1.82) is 0 Å². The Labute approximate surface area is 239 Å². The van der Waals surface area contributed by atoms with Gasteiger partial charge in [0.15, 0.2) is 0 Å². The predicted octanol–water partition coefficient (Wildman–Crippen LogP) is -3.09. The van der Waals surface area contributed by atoms with E-state index in [1.165, 1.54) is 27.8 Å². The Hall–Kier alpha value is -2.37. The zero-order chi connectivity index (χ0) is 24.5. The SMILES string of the molecule is CCc1cccc2c1C[NH2+]C[C@]21C[NH2+]C[C@H]1C(=O)N1CC[C@@H](c2ccccc2)C[C@H]1c1ccccc1.[Cl-].[Cl-]. The van der Waals surface area contributed by atoms with Crippen molar-refractivity contribution < 1.29 is 40.2 Å². The van der Waals surface area contributed by atoms with Crippen molar-refractivity contribution in [2.24, 2.45) is 5.92 Å². The van der Waals surface area contributed by atoms with E-state index < -0.39 is 0 Å². The molecule has 2 saturated heterocycles. The molecule has 202 valence electrons. The quantitative estimate of drug-likeness (QED) is 0.355. The standard InChI is InChI=1S/C32H37N3O.2ClH/c1-2-23-14-9-15-28-27(23)19-33-21-32(28)22-34-20-29(32)31(36)35-17-16-26(24-10-5-3-6-11-24)18-30(35)25-12-7-4-8-13-25;;/h3-15,26,29-30,33-34H,2,16-22H2,1H3;2*1H/t26-,29+,30+,32+;;/m1../s1. The van der Waals surface area contributed by atoms with Gasteiger partial charge in [0.25, 0.3) is 0 Å². The minimum atomic E-state index is -0.0760. The highest BCUT2D eigenvalue weighted by atomic mass is 35.5. The van der Waals surface area contributed by atoms with E-state index in [2.05, 4.69) is 101 Å². The summed E-state index contributed by atoms with van der Waals surface area (Å²) in [7, 11) is 0. The first-order valence-corrected chi connectivity index (χ1v) is 13.9. The molecule has 3 heterocycles. The van der Waals surface area contributed by atoms with Crippen LogP contribution in [0.4, 0.5) is 0 Å². The molecule has 6 rings (SSSR count). The van der Waals surface area contributed by atoms with E-state index in [0.717, 1.165) is 52.0 Å². The van der Waals surface area contributed by atoms with Crippen molar-refractivity contribution in [2.45, 2.75) is 50.1 Å². The topological polar surface area (TPSA) is 53.5 Å². The van der Waals surface area contributed by atoms with Crippen LogP contribution in [0.2, 0.25) is 0 Å². The largest absolute Gasteiger partial charge is 1.00 e. The van der Waals surface area contributed by atoms with Crippen LogP contribution >= 0.6 is 0 Å². The Morgan fingerprint density at radius 2 is 1.58 bits per heavy atom. The summed E-state index contributed by atoms with van der Waals surface area (Å²) in [5.41, 5.74) is 6.98. The van der Waals surface area contributed by atoms with E-state index in [0.29, 0.717) is 11.8 Å². The van der Waals surface area contributed by atoms with Gasteiger partial charge in [-0.25, -0.2) is 0 Å². The van der Waals surface area contributed by atoms with E-state index in [9.17, 15) is 4.79 Å². The van der Waals surface area contributed by atoms with Crippen LogP contribution in [-0.4, -0.2) is 37.0 Å². The van der Waals surface area contributed by atoms with Crippen molar-refractivity contribution in [1.82, 2.24) is 4.90 Å². The fourth-order valence-corrected chi connectivity index (χ4v) is 7.44. The molecule has 0 saturated carbocycles. The van der Waals surface area contributed by atoms with E-state index in [4.69, 9.17) is 0 Å². The molecule has 4 N–H and O–H groups in total. The summed E-state index contributed by atoms with van der Waals surface area (Å²) in [4.78, 5) is 16.8. The van der Waals surface area contributed by atoms with Gasteiger partial charge in [-0.3, -0.25) is 4.79 Å². The van der Waals surface area contributed by atoms with Gasteiger partial charge in [0.1, 0.15) is 17.9 Å². The van der Waals surface area contributed by atoms with Crippen LogP contribution in [0, 0.1) is 5.92 Å². The van der Waals surface area contributed by atoms with Crippen LogP contribution in [0.3, 0.4) is 0 Å². The van der Waals surface area contributed by atoms with Gasteiger partial charge in [0.2, 0.25) is 5.91 Å². The summed E-state index contributed by atoms with van der Waals surface area (Å²) >= 11 is 0. The third-order valence-corrected chi connectivity index (χ3v) is 9.26. The number of nitrogens with zero attached hydrogens (tertiary/aromatic N) is 1. The van der Waals surface area contributed by atoms with Crippen LogP contribution in [0.1, 0.15) is 59.5 Å². The lowest BCUT2D eigenvalue weighted by Gasteiger charge is -2.43. The molecule has 3 aromatic rings. The molecule has 38 heavy (non-hydrogen) atoms. The highest BCUT2D eigenvalue weighted by Gasteiger charge is 2.57. The minimum Gasteiger partial charge on any atom is -1.00 e. The molecule has 0 aliphatic carbocycles. The number of carbonyl (C=O) groups excluding carboxylic acids is 1. The number of likely N-dealkylation sites (tertiary alicyclic amines) is 1. The number of aryl methyl sites for hydroxylation is 1. The number of carbonyl (C=O) groups is 1. The zero-order valence-corrected chi connectivity index (χ0v) is 23.7. The maximum Gasteiger partial charge on any atom is 0.233 e. The first kappa shape index (κ1) is 28.6. The number of benzene rings is 3. The molecular formula is C32H39Cl2N3O. The number of halogens is 2. The normalized spacial score (nSPS) is 26.2. The molecule has 3 aliphatic rings. The van der Waals surface area contributed by atoms with Gasteiger partial charge in [-0.05, 0) is 47.4 Å². The van der Waals surface area contributed by atoms with Crippen LogP contribution in [0.15, 0.2) is 78.9 Å². The molecular weight excluding hydrogens is 513 g/mol. The number of amides is 1. The molecule has 0 bridgehead atoms. The number of quaternary nitrogens is 2. The highest BCUT2D eigenvalue weighted by molar-refractivity contribution is 5.82. The van der Waals surface area contributed by atoms with E-state index in [1.807, 2.05) is 0 Å². The van der Waals surface area contributed by atoms with Crippen molar-refractivity contribution in [3.05, 3.63) is 107 Å². The second kappa shape index (κ2) is 12.2. The number of hydrogen-bond acceptors (Lipinski definition) is 1. The predicted molar refractivity (Wildman–Crippen MR) is 142 cm³/mol. The summed E-state index contributed by atoms with van der Waals surface area (Å²) in [6.07, 6.45) is 3.08. The maximum absolute atomic E-state index is 14.6. The second-order valence-corrected chi connectivity index (χ2v) is 11.0. The number of piperidine rings is 1. The molecule has 0 radical (unpaired) electrons. The molecule has 3 aliphatic heterocycles. The van der Waals surface area contributed by atoms with E-state index in [-0.39, 0.29) is 42.2 Å². The number of fused-ring (bicyclic) bond motifs is 2. The van der Waals surface area contributed by atoms with Crippen LogP contribution < -0.4 is 35.4 Å². The monoisotopic (exact) mass is 551 g/mol. The summed E-state index contributed by atoms with van der Waals surface area (Å²) in [5, 5.41) is 4.86. The van der Waals surface area contributed by atoms with E-state index in [1.54, 1.807) is 0 Å². The van der Waals surface area contributed by atoms with Crippen molar-refractivity contribution in [3.8, 4) is 0 Å². The van der Waals surface area contributed by atoms with Crippen molar-refractivity contribution >= 4 is 5.91 Å². The first-order chi connectivity index (χ1) is 17.7. The lowest BCUT2D eigenvalue weighted by atomic mass is 9.67. The van der Waals surface area contributed by atoms with Crippen LogP contribution in [0.5, 0.6) is 0 Å². The van der Waals surface area contributed by atoms with Gasteiger partial charge in [0.05, 0.1) is 25.7 Å². The molecule has 4 atom stereocenters. The summed E-state index contributed by atoms with van der Waals surface area (Å²) in [6.45, 7) is 7.03. The molecule has 3 aromatic carbocycles. The second-order valence-electron chi connectivity index (χ2n) is 11.0. The van der Waals surface area contributed by atoms with Crippen LogP contribution in [-0.2, 0) is 23.2 Å². The zero-order valence-electron chi connectivity index (χ0n) is 22.2. The Bertz CT molecular complexity index is 1220. The van der Waals surface area contributed by atoms with Gasteiger partial charge in [-0.1, -0.05) is 85.8 Å². The number of nitrogens with two attached hydrogens (primary N) is 2. The lowest BCUT2D eigenvalue weighted by Crippen LogP contribution is -3.00. The van der Waals surface area contributed by atoms with Gasteiger partial charge in [-0.15, -0.1) is 0 Å². The molecule has 0 aromatic heterocycles. The average molecular weight is 553 g/mol. The number of rotatable bonds is 4. The molecule has 4 nitrogen and oxygen atoms in total. The summed E-state index contributed by atoms with van der Waals surface area (Å²) < 4.78 is 0. The molecule has 1 spiro atoms. The van der Waals surface area contributed by atoms with Crippen molar-refractivity contribution in [3.63, 3.8) is 0 Å². The molecule has 2 fully saturated rings. The molecule has 1 amide bonds. The van der Waals surface area contributed by atoms with E-state index >= 15 is 0 Å². The Kier molecular flexibility index (Phi) is 9.20. The van der Waals surface area contributed by atoms with Crippen LogP contribution in [0.25, 0.3) is 0 Å². The fourth-order valence-electron chi connectivity index (χ4n) is 7.44. The fraction of sp³-hybridized carbons (Fsp3) is 0.406. The number of hydrogen-bond donors (Lipinski definition) is 2. The van der Waals surface area contributed by atoms with Gasteiger partial charge in [-0.2, -0.15) is 0 Å². The maximum atomic E-state index is 14.6. The molecule has 6 heteroatoms. The first-order valence-electron chi connectivity index (χ1n) is 13.9. The Morgan fingerprint density at radius 3 is 2.29 bits per heavy atom. The third-order valence-electron chi connectivity index (χ3n) is 9.26. The molecule has 0 unspecified atom stereocenters. The van der Waals surface area contributed by atoms with Gasteiger partial charge in [0, 0.05) is 12.1 Å². The third kappa shape index (κ3) is 5.00. The highest BCUT2D eigenvalue weighted by Crippen LogP contribution is 2.43. The summed E-state index contributed by atoms with van der Waals surface area (Å²) in [6, 6.07) is 28.6. The van der Waals surface area contributed by atoms with Gasteiger partial charge < -0.3 is 40.3 Å². The van der Waals surface area contributed by atoms with Gasteiger partial charge >= 0.3 is 0 Å². The smallest absolute Gasteiger partial charge is 0.233 e. The van der Waals surface area contributed by atoms with Crippen molar-refractivity contribution in [2.75, 3.05) is 26.2 Å². The minimum absolute atomic E-state index is 0.